The molecule has 1 aromatic rings. The Morgan fingerprint density at radius 3 is 1.85 bits per heavy atom. The molecule has 1 rings (SSSR count). The molecule has 0 heterocycles. The average Bonchev–Trinajstić information content (AvgIpc) is 2.88. The van der Waals surface area contributed by atoms with E-state index in [4.69, 9.17) is 38.9 Å². The highest BCUT2D eigenvalue weighted by Crippen LogP contribution is 2.30. The summed E-state index contributed by atoms with van der Waals surface area (Å²) in [5.74, 6) is -0.921. The quantitative estimate of drug-likeness (QED) is 0.116. The van der Waals surface area contributed by atoms with Crippen molar-refractivity contribution in [2.24, 2.45) is 11.1 Å². The molecule has 41 heavy (non-hydrogen) atoms. The summed E-state index contributed by atoms with van der Waals surface area (Å²) in [5.41, 5.74) is 6.33. The van der Waals surface area contributed by atoms with Gasteiger partial charge in [0.15, 0.2) is 11.5 Å². The van der Waals surface area contributed by atoms with Crippen LogP contribution in [0.2, 0.25) is 0 Å². The van der Waals surface area contributed by atoms with E-state index < -0.39 is 42.7 Å². The predicted molar refractivity (Wildman–Crippen MR) is 149 cm³/mol. The van der Waals surface area contributed by atoms with Gasteiger partial charge in [0.1, 0.15) is 18.2 Å². The van der Waals surface area contributed by atoms with Crippen LogP contribution < -0.4 is 15.2 Å². The van der Waals surface area contributed by atoms with E-state index in [2.05, 4.69) is 0 Å². The van der Waals surface area contributed by atoms with Crippen LogP contribution in [0.15, 0.2) is 18.2 Å². The van der Waals surface area contributed by atoms with Crippen molar-refractivity contribution >= 4 is 24.4 Å². The van der Waals surface area contributed by atoms with Gasteiger partial charge in [-0.1, -0.05) is 53.5 Å². The molecular weight excluding hydrogens is 538 g/mol. The molecule has 0 aliphatic carbocycles. The fraction of sp³-hybridized carbons (Fsp3) is 0.655. The lowest BCUT2D eigenvalue weighted by molar-refractivity contribution is -0.155. The van der Waals surface area contributed by atoms with Gasteiger partial charge in [-0.25, -0.2) is 14.4 Å². The second kappa shape index (κ2) is 18.0. The van der Waals surface area contributed by atoms with Gasteiger partial charge in [-0.15, -0.1) is 0 Å². The SMILES string of the molecule is CCCCOC(=O)Oc1ccc(C[C@H](N)C(=O)O[C@@H](C)C(C)OC(=O)OCC(C)(C)C)cc1OC(=O)OCCCC. The van der Waals surface area contributed by atoms with Crippen molar-refractivity contribution < 1.29 is 52.3 Å². The first-order chi connectivity index (χ1) is 19.2. The molecule has 2 N–H and O–H groups in total. The van der Waals surface area contributed by atoms with Crippen LogP contribution in [-0.4, -0.2) is 62.5 Å². The van der Waals surface area contributed by atoms with E-state index in [0.717, 1.165) is 12.8 Å². The maximum Gasteiger partial charge on any atom is 0.513 e. The molecule has 0 saturated heterocycles. The molecule has 0 spiro atoms. The number of unbranched alkanes of at least 4 members (excludes halogenated alkanes) is 2. The van der Waals surface area contributed by atoms with Crippen molar-refractivity contribution in [1.82, 2.24) is 0 Å². The molecule has 0 saturated carbocycles. The van der Waals surface area contributed by atoms with E-state index in [1.165, 1.54) is 12.1 Å². The van der Waals surface area contributed by atoms with Crippen molar-refractivity contribution in [3.05, 3.63) is 23.8 Å². The standard InChI is InChI=1S/C29H45NO11/c1-8-10-14-35-26(32)40-23-13-12-21(17-24(23)41-27(33)36-15-11-9-2)16-22(30)25(31)38-19(3)20(4)39-28(34)37-18-29(5,6)7/h12-13,17,19-20,22H,8-11,14-16,18,30H2,1-7H3/t19-,20?,22-/m0/s1. The Labute approximate surface area is 242 Å². The second-order valence-electron chi connectivity index (χ2n) is 10.8. The number of hydrogen-bond donors (Lipinski definition) is 1. The van der Waals surface area contributed by atoms with Crippen LogP contribution in [0.25, 0.3) is 0 Å². The van der Waals surface area contributed by atoms with E-state index in [-0.39, 0.29) is 43.2 Å². The zero-order valence-corrected chi connectivity index (χ0v) is 25.2. The molecule has 3 atom stereocenters. The van der Waals surface area contributed by atoms with E-state index in [0.29, 0.717) is 18.4 Å². The fourth-order valence-electron chi connectivity index (χ4n) is 2.94. The maximum absolute atomic E-state index is 12.6. The van der Waals surface area contributed by atoms with Crippen molar-refractivity contribution in [3.8, 4) is 11.5 Å². The van der Waals surface area contributed by atoms with Gasteiger partial charge in [0.2, 0.25) is 0 Å². The number of hydrogen-bond acceptors (Lipinski definition) is 12. The minimum Gasteiger partial charge on any atom is -0.458 e. The summed E-state index contributed by atoms with van der Waals surface area (Å²) < 4.78 is 36.1. The van der Waals surface area contributed by atoms with Gasteiger partial charge in [0.05, 0.1) is 19.8 Å². The molecular formula is C29H45NO11. The molecule has 0 amide bonds. The number of carbonyl (C=O) groups is 4. The van der Waals surface area contributed by atoms with E-state index in [1.54, 1.807) is 19.9 Å². The van der Waals surface area contributed by atoms with Crippen LogP contribution in [-0.2, 0) is 34.9 Å². The van der Waals surface area contributed by atoms with Crippen LogP contribution in [0.5, 0.6) is 11.5 Å². The molecule has 0 radical (unpaired) electrons. The van der Waals surface area contributed by atoms with E-state index >= 15 is 0 Å². The minimum absolute atomic E-state index is 0.00309. The van der Waals surface area contributed by atoms with Gasteiger partial charge in [-0.05, 0) is 56.2 Å². The number of carbonyl (C=O) groups excluding carboxylic acids is 4. The van der Waals surface area contributed by atoms with Crippen LogP contribution in [0.4, 0.5) is 14.4 Å². The Morgan fingerprint density at radius 1 is 0.780 bits per heavy atom. The molecule has 0 aromatic heterocycles. The fourth-order valence-corrected chi connectivity index (χ4v) is 2.94. The van der Waals surface area contributed by atoms with Gasteiger partial charge in [0, 0.05) is 0 Å². The number of nitrogens with two attached hydrogens (primary N) is 1. The molecule has 0 fully saturated rings. The number of esters is 1. The van der Waals surface area contributed by atoms with Gasteiger partial charge < -0.3 is 38.9 Å². The number of benzene rings is 1. The molecule has 0 aliphatic rings. The molecule has 0 bridgehead atoms. The first kappa shape index (κ1) is 35.5. The molecule has 12 nitrogen and oxygen atoms in total. The molecule has 0 aliphatic heterocycles. The molecule has 232 valence electrons. The predicted octanol–water partition coefficient (Wildman–Crippen LogP) is 5.71. The Morgan fingerprint density at radius 2 is 1.32 bits per heavy atom. The average molecular weight is 584 g/mol. The Hall–Kier alpha value is -3.54. The van der Waals surface area contributed by atoms with Crippen LogP contribution >= 0.6 is 0 Å². The Balaban J connectivity index is 2.85. The third kappa shape index (κ3) is 15.1. The number of ether oxygens (including phenoxy) is 7. The molecule has 12 heteroatoms. The molecule has 1 aromatic carbocycles. The lowest BCUT2D eigenvalue weighted by Crippen LogP contribution is -2.39. The first-order valence-corrected chi connectivity index (χ1v) is 13.9. The highest BCUT2D eigenvalue weighted by Gasteiger charge is 2.26. The summed E-state index contributed by atoms with van der Waals surface area (Å²) in [6, 6.07) is 3.25. The van der Waals surface area contributed by atoms with Crippen molar-refractivity contribution in [2.45, 2.75) is 98.8 Å². The highest BCUT2D eigenvalue weighted by molar-refractivity contribution is 5.76. The summed E-state index contributed by atoms with van der Waals surface area (Å²) in [7, 11) is 0. The summed E-state index contributed by atoms with van der Waals surface area (Å²) in [6.45, 7) is 13.3. The van der Waals surface area contributed by atoms with Crippen LogP contribution in [0.1, 0.15) is 79.7 Å². The summed E-state index contributed by atoms with van der Waals surface area (Å²) in [6.07, 6.45) is -1.42. The maximum atomic E-state index is 12.6. The number of rotatable bonds is 15. The smallest absolute Gasteiger partial charge is 0.458 e. The first-order valence-electron chi connectivity index (χ1n) is 13.9. The lowest BCUT2D eigenvalue weighted by Gasteiger charge is -2.23. The van der Waals surface area contributed by atoms with Crippen LogP contribution in [0, 0.1) is 5.41 Å². The van der Waals surface area contributed by atoms with Gasteiger partial charge in [0.25, 0.3) is 0 Å². The summed E-state index contributed by atoms with van der Waals surface area (Å²) in [5, 5.41) is 0. The summed E-state index contributed by atoms with van der Waals surface area (Å²) >= 11 is 0. The van der Waals surface area contributed by atoms with Gasteiger partial charge >= 0.3 is 24.4 Å². The Bertz CT molecular complexity index is 989. The lowest BCUT2D eigenvalue weighted by atomic mass is 9.99. The van der Waals surface area contributed by atoms with Crippen LogP contribution in [0.3, 0.4) is 0 Å². The van der Waals surface area contributed by atoms with E-state index in [9.17, 15) is 19.2 Å². The zero-order valence-electron chi connectivity index (χ0n) is 25.2. The highest BCUT2D eigenvalue weighted by atomic mass is 16.7. The second-order valence-corrected chi connectivity index (χ2v) is 10.8. The zero-order chi connectivity index (χ0) is 31.0. The largest absolute Gasteiger partial charge is 0.513 e. The third-order valence-electron chi connectivity index (χ3n) is 5.46. The van der Waals surface area contributed by atoms with Gasteiger partial charge in [-0.2, -0.15) is 0 Å². The topological polar surface area (TPSA) is 159 Å². The van der Waals surface area contributed by atoms with Crippen molar-refractivity contribution in [2.75, 3.05) is 19.8 Å². The Kier molecular flexibility index (Phi) is 15.6. The van der Waals surface area contributed by atoms with E-state index in [1.807, 2.05) is 34.6 Å². The minimum atomic E-state index is -1.10. The summed E-state index contributed by atoms with van der Waals surface area (Å²) in [4.78, 5) is 48.8. The molecule has 1 unspecified atom stereocenters. The van der Waals surface area contributed by atoms with Crippen molar-refractivity contribution in [1.29, 1.82) is 0 Å². The normalized spacial score (nSPS) is 13.3. The van der Waals surface area contributed by atoms with Crippen molar-refractivity contribution in [3.63, 3.8) is 0 Å². The van der Waals surface area contributed by atoms with Gasteiger partial charge in [-0.3, -0.25) is 4.79 Å². The third-order valence-corrected chi connectivity index (χ3v) is 5.46. The monoisotopic (exact) mass is 583 g/mol.